The van der Waals surface area contributed by atoms with E-state index in [1.807, 2.05) is 4.90 Å². The Morgan fingerprint density at radius 1 is 1.21 bits per heavy atom. The Kier molecular flexibility index (Phi) is 5.35. The fourth-order valence-electron chi connectivity index (χ4n) is 3.25. The second-order valence-electron chi connectivity index (χ2n) is 6.72. The quantitative estimate of drug-likeness (QED) is 0.533. The van der Waals surface area contributed by atoms with Gasteiger partial charge in [-0.1, -0.05) is 0 Å². The van der Waals surface area contributed by atoms with Crippen molar-refractivity contribution < 1.29 is 9.59 Å². The molecule has 2 N–H and O–H groups in total. The van der Waals surface area contributed by atoms with Crippen LogP contribution in [0.1, 0.15) is 47.0 Å². The lowest BCUT2D eigenvalue weighted by Gasteiger charge is -2.49. The van der Waals surface area contributed by atoms with Crippen LogP contribution < -0.4 is 10.6 Å². The second kappa shape index (κ2) is 6.37. The minimum atomic E-state index is 0.0364. The van der Waals surface area contributed by atoms with Gasteiger partial charge in [-0.3, -0.25) is 9.59 Å². The molecule has 1 heterocycles. The fourth-order valence-corrected chi connectivity index (χ4v) is 3.25. The van der Waals surface area contributed by atoms with E-state index in [0.717, 1.165) is 25.7 Å². The zero-order chi connectivity index (χ0) is 14.5. The molecule has 0 aromatic heterocycles. The standard InChI is InChI=1S/C14H27N3O2/c1-13(2)8-12(9-14(3,4)16-13)17(11-19)7-5-6-15-10-18/h10-12,16H,5-9H2,1-4H3,(H,15,18). The van der Waals surface area contributed by atoms with Gasteiger partial charge in [-0.05, 0) is 47.0 Å². The molecule has 0 aliphatic carbocycles. The van der Waals surface area contributed by atoms with Gasteiger partial charge in [0, 0.05) is 30.2 Å². The summed E-state index contributed by atoms with van der Waals surface area (Å²) in [5.41, 5.74) is 0.0729. The number of nitrogens with one attached hydrogen (secondary N) is 2. The minimum absolute atomic E-state index is 0.0364. The molecule has 0 spiro atoms. The molecule has 0 atom stereocenters. The highest BCUT2D eigenvalue weighted by atomic mass is 16.1. The van der Waals surface area contributed by atoms with Crippen molar-refractivity contribution in [2.45, 2.75) is 64.1 Å². The summed E-state index contributed by atoms with van der Waals surface area (Å²) in [7, 11) is 0. The maximum absolute atomic E-state index is 11.3. The van der Waals surface area contributed by atoms with Gasteiger partial charge in [-0.2, -0.15) is 0 Å². The Balaban J connectivity index is 2.59. The summed E-state index contributed by atoms with van der Waals surface area (Å²) in [6.45, 7) is 10.0. The Morgan fingerprint density at radius 3 is 2.26 bits per heavy atom. The number of amides is 2. The predicted molar refractivity (Wildman–Crippen MR) is 75.8 cm³/mol. The van der Waals surface area contributed by atoms with E-state index in [0.29, 0.717) is 19.5 Å². The summed E-state index contributed by atoms with van der Waals surface area (Å²) in [5.74, 6) is 0. The third kappa shape index (κ3) is 5.19. The zero-order valence-electron chi connectivity index (χ0n) is 12.5. The highest BCUT2D eigenvalue weighted by Crippen LogP contribution is 2.31. The first-order valence-corrected chi connectivity index (χ1v) is 6.97. The lowest BCUT2D eigenvalue weighted by molar-refractivity contribution is -0.122. The van der Waals surface area contributed by atoms with Crippen molar-refractivity contribution in [2.24, 2.45) is 0 Å². The van der Waals surface area contributed by atoms with E-state index >= 15 is 0 Å². The molecule has 0 bridgehead atoms. The van der Waals surface area contributed by atoms with Crippen LogP contribution in [-0.2, 0) is 9.59 Å². The molecule has 5 nitrogen and oxygen atoms in total. The lowest BCUT2D eigenvalue weighted by Crippen LogP contribution is -2.62. The smallest absolute Gasteiger partial charge is 0.209 e. The van der Waals surface area contributed by atoms with Crippen LogP contribution in [-0.4, -0.2) is 47.9 Å². The van der Waals surface area contributed by atoms with Gasteiger partial charge in [-0.25, -0.2) is 0 Å². The van der Waals surface area contributed by atoms with E-state index in [-0.39, 0.29) is 17.1 Å². The molecular weight excluding hydrogens is 242 g/mol. The molecule has 5 heteroatoms. The first kappa shape index (κ1) is 16.0. The highest BCUT2D eigenvalue weighted by Gasteiger charge is 2.39. The van der Waals surface area contributed by atoms with Crippen LogP contribution in [0.25, 0.3) is 0 Å². The van der Waals surface area contributed by atoms with Gasteiger partial charge >= 0.3 is 0 Å². The van der Waals surface area contributed by atoms with E-state index in [9.17, 15) is 9.59 Å². The maximum Gasteiger partial charge on any atom is 0.209 e. The van der Waals surface area contributed by atoms with Crippen molar-refractivity contribution in [1.82, 2.24) is 15.5 Å². The number of nitrogens with zero attached hydrogens (tertiary/aromatic N) is 1. The molecule has 1 aliphatic heterocycles. The van der Waals surface area contributed by atoms with Gasteiger partial charge in [0.15, 0.2) is 0 Å². The van der Waals surface area contributed by atoms with Crippen LogP contribution >= 0.6 is 0 Å². The largest absolute Gasteiger partial charge is 0.359 e. The number of carbonyl (C=O) groups is 2. The van der Waals surface area contributed by atoms with E-state index < -0.39 is 0 Å². The van der Waals surface area contributed by atoms with Gasteiger partial charge in [-0.15, -0.1) is 0 Å². The van der Waals surface area contributed by atoms with Gasteiger partial charge in [0.2, 0.25) is 12.8 Å². The van der Waals surface area contributed by atoms with Crippen molar-refractivity contribution in [3.63, 3.8) is 0 Å². The fraction of sp³-hybridized carbons (Fsp3) is 0.857. The van der Waals surface area contributed by atoms with Gasteiger partial charge in [0.05, 0.1) is 0 Å². The van der Waals surface area contributed by atoms with Crippen molar-refractivity contribution in [1.29, 1.82) is 0 Å². The molecule has 0 saturated carbocycles. The summed E-state index contributed by atoms with van der Waals surface area (Å²) < 4.78 is 0. The van der Waals surface area contributed by atoms with Gasteiger partial charge < -0.3 is 15.5 Å². The predicted octanol–water partition coefficient (Wildman–Crippen LogP) is 0.890. The molecular formula is C14H27N3O2. The van der Waals surface area contributed by atoms with E-state index in [4.69, 9.17) is 0 Å². The van der Waals surface area contributed by atoms with E-state index in [2.05, 4.69) is 38.3 Å². The summed E-state index contributed by atoms with van der Waals surface area (Å²) >= 11 is 0. The first-order valence-electron chi connectivity index (χ1n) is 6.97. The first-order chi connectivity index (χ1) is 8.79. The molecule has 0 radical (unpaired) electrons. The van der Waals surface area contributed by atoms with Crippen molar-refractivity contribution in [3.8, 4) is 0 Å². The molecule has 1 saturated heterocycles. The molecule has 19 heavy (non-hydrogen) atoms. The third-order valence-electron chi connectivity index (χ3n) is 3.59. The monoisotopic (exact) mass is 269 g/mol. The molecule has 110 valence electrons. The third-order valence-corrected chi connectivity index (χ3v) is 3.59. The van der Waals surface area contributed by atoms with E-state index in [1.165, 1.54) is 0 Å². The number of piperidine rings is 1. The summed E-state index contributed by atoms with van der Waals surface area (Å²) in [6, 6.07) is 0.264. The average molecular weight is 269 g/mol. The lowest BCUT2D eigenvalue weighted by atomic mass is 9.79. The van der Waals surface area contributed by atoms with Gasteiger partial charge in [0.25, 0.3) is 0 Å². The molecule has 1 fully saturated rings. The second-order valence-corrected chi connectivity index (χ2v) is 6.72. The molecule has 0 aromatic carbocycles. The van der Waals surface area contributed by atoms with Crippen LogP contribution in [0.5, 0.6) is 0 Å². The summed E-state index contributed by atoms with van der Waals surface area (Å²) in [5, 5.41) is 6.24. The highest BCUT2D eigenvalue weighted by molar-refractivity contribution is 5.48. The van der Waals surface area contributed by atoms with Gasteiger partial charge in [0.1, 0.15) is 0 Å². The topological polar surface area (TPSA) is 61.4 Å². The Labute approximate surface area is 116 Å². The van der Waals surface area contributed by atoms with Crippen molar-refractivity contribution in [3.05, 3.63) is 0 Å². The van der Waals surface area contributed by atoms with Crippen molar-refractivity contribution >= 4 is 12.8 Å². The minimum Gasteiger partial charge on any atom is -0.359 e. The Bertz CT molecular complexity index is 300. The van der Waals surface area contributed by atoms with Crippen LogP contribution in [0.2, 0.25) is 0 Å². The van der Waals surface area contributed by atoms with Crippen LogP contribution in [0, 0.1) is 0 Å². The Hall–Kier alpha value is -1.10. The number of hydrogen-bond acceptors (Lipinski definition) is 3. The number of carbonyl (C=O) groups excluding carboxylic acids is 2. The molecule has 0 unspecified atom stereocenters. The molecule has 0 aromatic rings. The maximum atomic E-state index is 11.3. The molecule has 1 rings (SSSR count). The van der Waals surface area contributed by atoms with Crippen molar-refractivity contribution in [2.75, 3.05) is 13.1 Å². The van der Waals surface area contributed by atoms with Crippen LogP contribution in [0.15, 0.2) is 0 Å². The van der Waals surface area contributed by atoms with E-state index in [1.54, 1.807) is 0 Å². The van der Waals surface area contributed by atoms with Crippen LogP contribution in [0.4, 0.5) is 0 Å². The molecule has 2 amide bonds. The summed E-state index contributed by atoms with van der Waals surface area (Å²) in [4.78, 5) is 23.4. The number of hydrogen-bond donors (Lipinski definition) is 2. The summed E-state index contributed by atoms with van der Waals surface area (Å²) in [6.07, 6.45) is 4.35. The SMILES string of the molecule is CC1(C)CC(N(C=O)CCCNC=O)CC(C)(C)N1. The van der Waals surface area contributed by atoms with Crippen LogP contribution in [0.3, 0.4) is 0 Å². The normalized spacial score (nSPS) is 21.7. The molecule has 1 aliphatic rings. The zero-order valence-corrected chi connectivity index (χ0v) is 12.5. The average Bonchev–Trinajstić information content (AvgIpc) is 2.25. The Morgan fingerprint density at radius 2 is 1.79 bits per heavy atom. The number of rotatable bonds is 7.